The number of alkyl carbamates (subject to hydrolysis) is 1. The van der Waals surface area contributed by atoms with E-state index in [9.17, 15) is 4.79 Å². The van der Waals surface area contributed by atoms with Gasteiger partial charge in [-0.1, -0.05) is 0 Å². The summed E-state index contributed by atoms with van der Waals surface area (Å²) in [5.74, 6) is 5.13. The van der Waals surface area contributed by atoms with Crippen molar-refractivity contribution in [2.24, 2.45) is 16.7 Å². The summed E-state index contributed by atoms with van der Waals surface area (Å²) >= 11 is 0. The normalized spacial score (nSPS) is 10.7. The molecule has 0 aromatic heterocycles. The van der Waals surface area contributed by atoms with E-state index < -0.39 is 6.09 Å². The number of amides is 1. The molecule has 0 aromatic rings. The van der Waals surface area contributed by atoms with Crippen LogP contribution in [0, 0.1) is 0 Å². The largest absolute Gasteiger partial charge is 0.449 e. The van der Waals surface area contributed by atoms with E-state index >= 15 is 0 Å². The van der Waals surface area contributed by atoms with E-state index in [1.54, 1.807) is 0 Å². The van der Waals surface area contributed by atoms with Crippen LogP contribution < -0.4 is 22.4 Å². The Labute approximate surface area is 70.1 Å². The zero-order valence-electron chi connectivity index (χ0n) is 6.83. The van der Waals surface area contributed by atoms with Crippen molar-refractivity contribution < 1.29 is 9.53 Å². The molecule has 0 aliphatic carbocycles. The molecule has 0 fully saturated rings. The van der Waals surface area contributed by atoms with Gasteiger partial charge in [-0.25, -0.2) is 16.2 Å². The molecular formula is C5H13N5O2. The summed E-state index contributed by atoms with van der Waals surface area (Å²) in [7, 11) is 1.47. The molecule has 0 aliphatic heterocycles. The summed E-state index contributed by atoms with van der Waals surface area (Å²) in [5, 5.41) is 5.75. The smallest absolute Gasteiger partial charge is 0.406 e. The average Bonchev–Trinajstić information content (AvgIpc) is 2.04. The average molecular weight is 175 g/mol. The van der Waals surface area contributed by atoms with Crippen molar-refractivity contribution in [2.45, 2.75) is 6.42 Å². The Bertz CT molecular complexity index is 169. The maximum Gasteiger partial charge on any atom is 0.406 e. The molecule has 7 heteroatoms. The lowest BCUT2D eigenvalue weighted by Gasteiger charge is -2.02. The minimum absolute atomic E-state index is 0.177. The van der Waals surface area contributed by atoms with E-state index in [-0.39, 0.29) is 12.4 Å². The Morgan fingerprint density at radius 2 is 2.33 bits per heavy atom. The van der Waals surface area contributed by atoms with Gasteiger partial charge in [-0.3, -0.25) is 0 Å². The lowest BCUT2D eigenvalue weighted by Crippen LogP contribution is -2.25. The third-order valence-corrected chi connectivity index (χ3v) is 1.00. The number of hydrazine groups is 1. The van der Waals surface area contributed by atoms with Gasteiger partial charge in [-0.2, -0.15) is 5.10 Å². The van der Waals surface area contributed by atoms with Crippen LogP contribution in [0.4, 0.5) is 4.79 Å². The van der Waals surface area contributed by atoms with Crippen LogP contribution in [-0.4, -0.2) is 25.6 Å². The maximum absolute atomic E-state index is 10.5. The number of carbonyl (C=O) groups is 1. The Hall–Kier alpha value is -1.50. The van der Waals surface area contributed by atoms with E-state index in [4.69, 9.17) is 11.6 Å². The summed E-state index contributed by atoms with van der Waals surface area (Å²) in [4.78, 5) is 10.5. The molecule has 6 N–H and O–H groups in total. The third-order valence-electron chi connectivity index (χ3n) is 1.00. The van der Waals surface area contributed by atoms with Crippen molar-refractivity contribution in [3.05, 3.63) is 0 Å². The molecule has 12 heavy (non-hydrogen) atoms. The van der Waals surface area contributed by atoms with Crippen molar-refractivity contribution >= 4 is 11.9 Å². The monoisotopic (exact) mass is 175 g/mol. The molecule has 0 saturated carbocycles. The highest BCUT2D eigenvalue weighted by molar-refractivity contribution is 5.80. The van der Waals surface area contributed by atoms with Gasteiger partial charge in [0.25, 0.3) is 0 Å². The Balaban J connectivity index is 3.43. The number of nitrogens with two attached hydrogens (primary N) is 2. The van der Waals surface area contributed by atoms with Crippen LogP contribution in [0.15, 0.2) is 5.10 Å². The van der Waals surface area contributed by atoms with Crippen molar-refractivity contribution in [2.75, 3.05) is 13.7 Å². The second kappa shape index (κ2) is 6.23. The number of amidine groups is 1. The molecule has 0 radical (unpaired) electrons. The second-order valence-corrected chi connectivity index (χ2v) is 1.87. The molecule has 0 unspecified atom stereocenters. The van der Waals surface area contributed by atoms with Gasteiger partial charge in [0.15, 0.2) is 0 Å². The zero-order chi connectivity index (χ0) is 9.40. The quantitative estimate of drug-likeness (QED) is 0.179. The van der Waals surface area contributed by atoms with E-state index in [2.05, 4.69) is 15.2 Å². The lowest BCUT2D eigenvalue weighted by atomic mass is 10.4. The van der Waals surface area contributed by atoms with E-state index in [0.717, 1.165) is 0 Å². The molecule has 0 spiro atoms. The highest BCUT2D eigenvalue weighted by Crippen LogP contribution is 1.82. The highest BCUT2D eigenvalue weighted by atomic mass is 16.5. The fourth-order valence-corrected chi connectivity index (χ4v) is 0.459. The number of hydrogen-bond donors (Lipinski definition) is 4. The predicted octanol–water partition coefficient (Wildman–Crippen LogP) is -1.53. The van der Waals surface area contributed by atoms with E-state index in [1.165, 1.54) is 7.05 Å². The maximum atomic E-state index is 10.5. The number of rotatable bonds is 4. The first kappa shape index (κ1) is 10.5. The van der Waals surface area contributed by atoms with Crippen LogP contribution in [0.25, 0.3) is 0 Å². The zero-order valence-corrected chi connectivity index (χ0v) is 6.83. The van der Waals surface area contributed by atoms with Gasteiger partial charge in [0.2, 0.25) is 0 Å². The molecule has 1 amide bonds. The molecule has 0 rings (SSSR count). The van der Waals surface area contributed by atoms with Crippen molar-refractivity contribution in [3.8, 4) is 0 Å². The van der Waals surface area contributed by atoms with Crippen LogP contribution in [0.5, 0.6) is 0 Å². The molecule has 70 valence electrons. The molecule has 0 bridgehead atoms. The van der Waals surface area contributed by atoms with Crippen LogP contribution in [0.3, 0.4) is 0 Å². The van der Waals surface area contributed by atoms with Crippen LogP contribution in [0.2, 0.25) is 0 Å². The molecule has 0 saturated heterocycles. The van der Waals surface area contributed by atoms with Gasteiger partial charge in [-0.15, -0.1) is 0 Å². The SMILES string of the molecule is CNC(=O)OCC/C(N)=N/NN. The van der Waals surface area contributed by atoms with Gasteiger partial charge >= 0.3 is 6.09 Å². The number of nitrogens with zero attached hydrogens (tertiary/aromatic N) is 1. The predicted molar refractivity (Wildman–Crippen MR) is 44.0 cm³/mol. The van der Waals surface area contributed by atoms with Crippen molar-refractivity contribution in [1.29, 1.82) is 0 Å². The first-order valence-electron chi connectivity index (χ1n) is 3.33. The van der Waals surface area contributed by atoms with E-state index in [0.29, 0.717) is 6.42 Å². The van der Waals surface area contributed by atoms with Crippen LogP contribution in [-0.2, 0) is 4.74 Å². The van der Waals surface area contributed by atoms with Crippen LogP contribution in [0.1, 0.15) is 6.42 Å². The molecule has 7 nitrogen and oxygen atoms in total. The van der Waals surface area contributed by atoms with Gasteiger partial charge in [0.1, 0.15) is 12.4 Å². The molecule has 0 aromatic carbocycles. The Morgan fingerprint density at radius 1 is 1.67 bits per heavy atom. The van der Waals surface area contributed by atoms with Crippen LogP contribution >= 0.6 is 0 Å². The Morgan fingerprint density at radius 3 is 2.83 bits per heavy atom. The molecular weight excluding hydrogens is 162 g/mol. The van der Waals surface area contributed by atoms with E-state index in [1.807, 2.05) is 5.53 Å². The second-order valence-electron chi connectivity index (χ2n) is 1.87. The van der Waals surface area contributed by atoms with Crippen molar-refractivity contribution in [1.82, 2.24) is 10.9 Å². The summed E-state index contributed by atoms with van der Waals surface area (Å²) in [6.45, 7) is 0.177. The summed E-state index contributed by atoms with van der Waals surface area (Å²) in [6, 6.07) is 0. The molecule has 0 atom stereocenters. The van der Waals surface area contributed by atoms with Gasteiger partial charge in [-0.05, 0) is 0 Å². The topological polar surface area (TPSA) is 115 Å². The minimum atomic E-state index is -0.497. The third kappa shape index (κ3) is 5.30. The molecule has 0 heterocycles. The number of hydrazone groups is 1. The van der Waals surface area contributed by atoms with Gasteiger partial charge in [0, 0.05) is 13.5 Å². The fraction of sp³-hybridized carbons (Fsp3) is 0.600. The van der Waals surface area contributed by atoms with Gasteiger partial charge < -0.3 is 15.8 Å². The number of hydrogen-bond acceptors (Lipinski definition) is 5. The summed E-state index contributed by atoms with van der Waals surface area (Å²) in [6.07, 6.45) is -0.152. The standard InChI is InChI=1S/C5H13N5O2/c1-8-5(11)12-3-2-4(6)9-10-7/h10H,2-3,7H2,1H3,(H2,6,9)(H,8,11). The Kier molecular flexibility index (Phi) is 5.45. The fourth-order valence-electron chi connectivity index (χ4n) is 0.459. The van der Waals surface area contributed by atoms with Crippen molar-refractivity contribution in [3.63, 3.8) is 0 Å². The first-order chi connectivity index (χ1) is 5.70. The van der Waals surface area contributed by atoms with Gasteiger partial charge in [0.05, 0.1) is 0 Å². The summed E-state index contributed by atoms with van der Waals surface area (Å²) in [5.41, 5.74) is 7.33. The highest BCUT2D eigenvalue weighted by Gasteiger charge is 1.98. The number of carbonyl (C=O) groups excluding carboxylic acids is 1. The molecule has 0 aliphatic rings. The first-order valence-corrected chi connectivity index (χ1v) is 3.33. The summed E-state index contributed by atoms with van der Waals surface area (Å²) < 4.78 is 4.63. The number of nitrogens with one attached hydrogen (secondary N) is 2. The lowest BCUT2D eigenvalue weighted by molar-refractivity contribution is 0.151. The number of ether oxygens (including phenoxy) is 1. The minimum Gasteiger partial charge on any atom is -0.449 e.